The van der Waals surface area contributed by atoms with E-state index in [0.717, 1.165) is 34.5 Å². The number of imide groups is 1. The van der Waals surface area contributed by atoms with Crippen LogP contribution in [0.5, 0.6) is 0 Å². The maximum absolute atomic E-state index is 12.8. The molecule has 2 aromatic rings. The fourth-order valence-corrected chi connectivity index (χ4v) is 4.75. The van der Waals surface area contributed by atoms with Crippen molar-refractivity contribution in [3.05, 3.63) is 29.3 Å². The molecule has 3 rings (SSSR count). The van der Waals surface area contributed by atoms with Gasteiger partial charge in [-0.3, -0.25) is 14.9 Å². The van der Waals surface area contributed by atoms with Crippen LogP contribution in [0.3, 0.4) is 0 Å². The molecule has 1 fully saturated rings. The second-order valence-electron chi connectivity index (χ2n) is 7.71. The highest BCUT2D eigenvalue weighted by Crippen LogP contribution is 2.41. The van der Waals surface area contributed by atoms with Gasteiger partial charge < -0.3 is 10.1 Å². The van der Waals surface area contributed by atoms with Crippen LogP contribution >= 0.6 is 11.3 Å². The molecule has 8 heteroatoms. The summed E-state index contributed by atoms with van der Waals surface area (Å²) < 4.78 is 6.53. The highest BCUT2D eigenvalue weighted by atomic mass is 32.1. The molecular formula is C21H27N3O4S. The molecule has 29 heavy (non-hydrogen) atoms. The summed E-state index contributed by atoms with van der Waals surface area (Å²) in [5.74, 6) is -1.37. The first-order chi connectivity index (χ1) is 13.8. The number of carbonyl (C=O) groups excluding carboxylic acids is 3. The van der Waals surface area contributed by atoms with Crippen LogP contribution < -0.4 is 10.6 Å². The Balaban J connectivity index is 1.66. The van der Waals surface area contributed by atoms with E-state index >= 15 is 0 Å². The van der Waals surface area contributed by atoms with E-state index in [4.69, 9.17) is 9.72 Å². The van der Waals surface area contributed by atoms with Crippen LogP contribution in [0.2, 0.25) is 0 Å². The summed E-state index contributed by atoms with van der Waals surface area (Å²) in [6, 6.07) is 7.23. The molecule has 0 radical (unpaired) electrons. The fraction of sp³-hybridized carbons (Fsp3) is 0.524. The van der Waals surface area contributed by atoms with Gasteiger partial charge in [-0.15, -0.1) is 11.3 Å². The molecule has 0 aliphatic heterocycles. The van der Waals surface area contributed by atoms with E-state index in [9.17, 15) is 14.4 Å². The Morgan fingerprint density at radius 2 is 1.86 bits per heavy atom. The summed E-state index contributed by atoms with van der Waals surface area (Å²) in [5.41, 5.74) is 0.939. The van der Waals surface area contributed by atoms with Crippen LogP contribution in [0.1, 0.15) is 57.4 Å². The number of amides is 3. The van der Waals surface area contributed by atoms with Crippen molar-refractivity contribution in [2.75, 3.05) is 0 Å². The third kappa shape index (κ3) is 5.32. The van der Waals surface area contributed by atoms with E-state index in [1.165, 1.54) is 6.92 Å². The van der Waals surface area contributed by atoms with Crippen molar-refractivity contribution in [2.24, 2.45) is 5.92 Å². The van der Waals surface area contributed by atoms with E-state index < -0.39 is 24.0 Å². The molecular weight excluding hydrogens is 390 g/mol. The first kappa shape index (κ1) is 21.2. The number of fused-ring (bicyclic) bond motifs is 1. The summed E-state index contributed by atoms with van der Waals surface area (Å²) in [4.78, 5) is 41.4. The predicted molar refractivity (Wildman–Crippen MR) is 112 cm³/mol. The van der Waals surface area contributed by atoms with Crippen molar-refractivity contribution >= 4 is 39.5 Å². The lowest BCUT2D eigenvalue weighted by atomic mass is 9.79. The maximum Gasteiger partial charge on any atom is 0.321 e. The summed E-state index contributed by atoms with van der Waals surface area (Å²) in [6.07, 6.45) is 2.52. The number of benzene rings is 1. The Bertz CT molecular complexity index is 862. The van der Waals surface area contributed by atoms with Crippen molar-refractivity contribution in [3.63, 3.8) is 0 Å². The molecule has 1 aromatic heterocycles. The zero-order chi connectivity index (χ0) is 21.0. The van der Waals surface area contributed by atoms with Crippen LogP contribution in [-0.4, -0.2) is 35.0 Å². The predicted octanol–water partition coefficient (Wildman–Crippen LogP) is 3.74. The molecule has 3 atom stereocenters. The van der Waals surface area contributed by atoms with Crippen LogP contribution in [0.4, 0.5) is 4.79 Å². The van der Waals surface area contributed by atoms with Crippen molar-refractivity contribution in [1.29, 1.82) is 0 Å². The minimum atomic E-state index is -1.04. The maximum atomic E-state index is 12.8. The number of hydrogen-bond donors (Lipinski definition) is 2. The van der Waals surface area contributed by atoms with Gasteiger partial charge in [0.05, 0.1) is 21.1 Å². The van der Waals surface area contributed by atoms with Crippen molar-refractivity contribution in [1.82, 2.24) is 15.6 Å². The number of esters is 1. The number of para-hydroxylation sites is 1. The molecule has 0 unspecified atom stereocenters. The average Bonchev–Trinajstić information content (AvgIpc) is 3.11. The number of aromatic nitrogens is 1. The van der Waals surface area contributed by atoms with Crippen LogP contribution in [0.15, 0.2) is 24.3 Å². The van der Waals surface area contributed by atoms with Gasteiger partial charge in [-0.1, -0.05) is 25.0 Å². The average molecular weight is 418 g/mol. The number of nitrogens with one attached hydrogen (secondary N) is 2. The van der Waals surface area contributed by atoms with Gasteiger partial charge in [0.2, 0.25) is 0 Å². The molecule has 156 valence electrons. The third-order valence-corrected chi connectivity index (χ3v) is 6.18. The zero-order valence-electron chi connectivity index (χ0n) is 16.9. The molecule has 2 N–H and O–H groups in total. The molecule has 1 heterocycles. The van der Waals surface area contributed by atoms with E-state index in [0.29, 0.717) is 6.42 Å². The lowest BCUT2D eigenvalue weighted by Gasteiger charge is -2.29. The van der Waals surface area contributed by atoms with Crippen molar-refractivity contribution in [2.45, 2.75) is 64.5 Å². The molecule has 1 aliphatic rings. The summed E-state index contributed by atoms with van der Waals surface area (Å²) in [6.45, 7) is 5.06. The van der Waals surface area contributed by atoms with Gasteiger partial charge in [0, 0.05) is 12.0 Å². The topological polar surface area (TPSA) is 97.4 Å². The standard InChI is InChI=1S/C21H27N3O4S/c1-12(2)22-21(27)24-18(25)13(3)28-20(26)15-9-5-4-8-14(15)19-23-16-10-6-7-11-17(16)29-19/h6-7,10-15H,4-5,8-9H2,1-3H3,(H2,22,24,25,27)/t13-,14+,15+/m1/s1. The molecule has 3 amide bonds. The molecule has 1 aliphatic carbocycles. The second-order valence-corrected chi connectivity index (χ2v) is 8.78. The Kier molecular flexibility index (Phi) is 6.84. The number of ether oxygens (including phenoxy) is 1. The largest absolute Gasteiger partial charge is 0.452 e. The van der Waals surface area contributed by atoms with E-state index in [1.54, 1.807) is 25.2 Å². The number of rotatable bonds is 5. The summed E-state index contributed by atoms with van der Waals surface area (Å²) in [7, 11) is 0. The van der Waals surface area contributed by atoms with E-state index in [1.807, 2.05) is 24.3 Å². The quantitative estimate of drug-likeness (QED) is 0.723. The van der Waals surface area contributed by atoms with Crippen LogP contribution in [-0.2, 0) is 14.3 Å². The van der Waals surface area contributed by atoms with Gasteiger partial charge in [0.25, 0.3) is 5.91 Å². The lowest BCUT2D eigenvalue weighted by Crippen LogP contribution is -2.47. The van der Waals surface area contributed by atoms with Gasteiger partial charge in [-0.2, -0.15) is 0 Å². The highest BCUT2D eigenvalue weighted by Gasteiger charge is 2.36. The Labute approximate surface area is 174 Å². The molecule has 0 spiro atoms. The second kappa shape index (κ2) is 9.35. The normalized spacial score (nSPS) is 20.3. The minimum absolute atomic E-state index is 0.00634. The van der Waals surface area contributed by atoms with Gasteiger partial charge in [0.15, 0.2) is 6.10 Å². The van der Waals surface area contributed by atoms with E-state index in [2.05, 4.69) is 10.6 Å². The van der Waals surface area contributed by atoms with Crippen molar-refractivity contribution in [3.8, 4) is 0 Å². The highest BCUT2D eigenvalue weighted by molar-refractivity contribution is 7.18. The van der Waals surface area contributed by atoms with Crippen LogP contribution in [0.25, 0.3) is 10.2 Å². The zero-order valence-corrected chi connectivity index (χ0v) is 17.8. The Morgan fingerprint density at radius 1 is 1.14 bits per heavy atom. The first-order valence-corrected chi connectivity index (χ1v) is 10.8. The number of carbonyl (C=O) groups is 3. The van der Waals surface area contributed by atoms with Gasteiger partial charge in [0.1, 0.15) is 0 Å². The van der Waals surface area contributed by atoms with Gasteiger partial charge >= 0.3 is 12.0 Å². The molecule has 0 bridgehead atoms. The minimum Gasteiger partial charge on any atom is -0.452 e. The number of urea groups is 1. The Hall–Kier alpha value is -2.48. The first-order valence-electron chi connectivity index (χ1n) is 10.0. The number of nitrogens with zero attached hydrogens (tertiary/aromatic N) is 1. The summed E-state index contributed by atoms with van der Waals surface area (Å²) >= 11 is 1.61. The van der Waals surface area contributed by atoms with Crippen molar-refractivity contribution < 1.29 is 19.1 Å². The third-order valence-electron chi connectivity index (χ3n) is 5.01. The lowest BCUT2D eigenvalue weighted by molar-refractivity contribution is -0.160. The molecule has 7 nitrogen and oxygen atoms in total. The SMILES string of the molecule is CC(C)NC(=O)NC(=O)[C@@H](C)OC(=O)[C@H]1CCCC[C@@H]1c1nc2ccccc2s1. The van der Waals surface area contributed by atoms with Gasteiger partial charge in [-0.05, 0) is 45.7 Å². The van der Waals surface area contributed by atoms with Crippen LogP contribution in [0, 0.1) is 5.92 Å². The Morgan fingerprint density at radius 3 is 2.59 bits per heavy atom. The monoisotopic (exact) mass is 417 g/mol. The van der Waals surface area contributed by atoms with Gasteiger partial charge in [-0.25, -0.2) is 9.78 Å². The molecule has 1 aromatic carbocycles. The summed E-state index contributed by atoms with van der Waals surface area (Å²) in [5, 5.41) is 5.72. The van der Waals surface area contributed by atoms with E-state index in [-0.39, 0.29) is 17.9 Å². The number of hydrogen-bond acceptors (Lipinski definition) is 6. The molecule has 1 saturated carbocycles. The number of thiazole rings is 1. The molecule has 0 saturated heterocycles. The fourth-order valence-electron chi connectivity index (χ4n) is 3.58. The smallest absolute Gasteiger partial charge is 0.321 e.